The van der Waals surface area contributed by atoms with Crippen LogP contribution in [0.1, 0.15) is 0 Å². The maximum atomic E-state index is 13.6. The molecule has 0 radical (unpaired) electrons. The fourth-order valence-corrected chi connectivity index (χ4v) is 3.05. The predicted octanol–water partition coefficient (Wildman–Crippen LogP) is -0.418. The molecule has 4 N–H and O–H groups in total. The van der Waals surface area contributed by atoms with Gasteiger partial charge in [0, 0.05) is 4.47 Å². The standard InChI is InChI=1S/C10H13BrFNO5S/c11-7-1-2-9(8(12)3-7)19(17,18)13-10(4-14,5-15)6-16/h1-3,13-16H,4-6H2. The minimum atomic E-state index is -4.33. The monoisotopic (exact) mass is 357 g/mol. The Labute approximate surface area is 118 Å². The molecule has 0 fully saturated rings. The Kier molecular flexibility index (Phi) is 5.42. The van der Waals surface area contributed by atoms with Crippen molar-refractivity contribution in [2.45, 2.75) is 10.4 Å². The van der Waals surface area contributed by atoms with Crippen LogP contribution in [0.15, 0.2) is 27.6 Å². The molecule has 0 saturated carbocycles. The van der Waals surface area contributed by atoms with E-state index >= 15 is 0 Å². The lowest BCUT2D eigenvalue weighted by Crippen LogP contribution is -2.56. The molecule has 0 saturated heterocycles. The third kappa shape index (κ3) is 3.71. The molecule has 0 aliphatic heterocycles. The summed E-state index contributed by atoms with van der Waals surface area (Å²) in [6, 6.07) is 3.32. The van der Waals surface area contributed by atoms with E-state index in [1.807, 2.05) is 4.72 Å². The van der Waals surface area contributed by atoms with E-state index in [9.17, 15) is 12.8 Å². The molecule has 0 unspecified atom stereocenters. The van der Waals surface area contributed by atoms with Crippen LogP contribution in [0.4, 0.5) is 4.39 Å². The van der Waals surface area contributed by atoms with Gasteiger partial charge >= 0.3 is 0 Å². The minimum absolute atomic E-state index is 0.363. The van der Waals surface area contributed by atoms with E-state index in [1.54, 1.807) is 0 Å². The van der Waals surface area contributed by atoms with Gasteiger partial charge in [0.1, 0.15) is 16.3 Å². The SMILES string of the molecule is O=S(=O)(NC(CO)(CO)CO)c1ccc(Br)cc1F. The molecule has 0 bridgehead atoms. The summed E-state index contributed by atoms with van der Waals surface area (Å²) in [4.78, 5) is -0.643. The first-order chi connectivity index (χ1) is 8.80. The molecular weight excluding hydrogens is 345 g/mol. The Hall–Kier alpha value is -0.580. The summed E-state index contributed by atoms with van der Waals surface area (Å²) in [5.74, 6) is -0.996. The molecule has 6 nitrogen and oxygen atoms in total. The maximum Gasteiger partial charge on any atom is 0.244 e. The Morgan fingerprint density at radius 1 is 1.21 bits per heavy atom. The van der Waals surface area contributed by atoms with Gasteiger partial charge in [-0.15, -0.1) is 0 Å². The molecule has 0 amide bonds. The quantitative estimate of drug-likeness (QED) is 0.553. The smallest absolute Gasteiger partial charge is 0.244 e. The molecule has 1 rings (SSSR count). The number of hydrogen-bond donors (Lipinski definition) is 4. The number of benzene rings is 1. The highest BCUT2D eigenvalue weighted by atomic mass is 79.9. The summed E-state index contributed by atoms with van der Waals surface area (Å²) < 4.78 is 39.8. The third-order valence-electron chi connectivity index (χ3n) is 2.44. The van der Waals surface area contributed by atoms with Gasteiger partial charge in [-0.05, 0) is 18.2 Å². The van der Waals surface area contributed by atoms with E-state index in [2.05, 4.69) is 15.9 Å². The van der Waals surface area contributed by atoms with E-state index in [0.29, 0.717) is 4.47 Å². The van der Waals surface area contributed by atoms with E-state index in [4.69, 9.17) is 15.3 Å². The lowest BCUT2D eigenvalue weighted by Gasteiger charge is -2.28. The predicted molar refractivity (Wildman–Crippen MR) is 68.4 cm³/mol. The van der Waals surface area contributed by atoms with Gasteiger partial charge < -0.3 is 15.3 Å². The molecule has 19 heavy (non-hydrogen) atoms. The lowest BCUT2D eigenvalue weighted by atomic mass is 10.1. The van der Waals surface area contributed by atoms with Crippen molar-refractivity contribution in [3.05, 3.63) is 28.5 Å². The first kappa shape index (κ1) is 16.5. The first-order valence-electron chi connectivity index (χ1n) is 5.12. The number of sulfonamides is 1. The van der Waals surface area contributed by atoms with Crippen molar-refractivity contribution >= 4 is 26.0 Å². The molecule has 1 aromatic carbocycles. The molecule has 0 atom stereocenters. The average molecular weight is 358 g/mol. The molecule has 0 heterocycles. The Bertz CT molecular complexity index is 539. The van der Waals surface area contributed by atoms with Crippen LogP contribution in [0.25, 0.3) is 0 Å². The molecule has 108 valence electrons. The second-order valence-corrected chi connectivity index (χ2v) is 6.50. The zero-order chi connectivity index (χ0) is 14.7. The van der Waals surface area contributed by atoms with E-state index in [0.717, 1.165) is 12.1 Å². The summed E-state index contributed by atoms with van der Waals surface area (Å²) in [7, 11) is -4.33. The van der Waals surface area contributed by atoms with Crippen molar-refractivity contribution in [3.63, 3.8) is 0 Å². The van der Waals surface area contributed by atoms with E-state index < -0.39 is 46.1 Å². The molecule has 0 spiro atoms. The van der Waals surface area contributed by atoms with Crippen LogP contribution >= 0.6 is 15.9 Å². The average Bonchev–Trinajstić information content (AvgIpc) is 2.35. The fraction of sp³-hybridized carbons (Fsp3) is 0.400. The third-order valence-corrected chi connectivity index (χ3v) is 4.55. The van der Waals surface area contributed by atoms with Crippen molar-refractivity contribution < 1.29 is 28.1 Å². The Balaban J connectivity index is 3.17. The van der Waals surface area contributed by atoms with Gasteiger partial charge in [-0.2, -0.15) is 4.72 Å². The first-order valence-corrected chi connectivity index (χ1v) is 7.39. The largest absolute Gasteiger partial charge is 0.394 e. The summed E-state index contributed by atoms with van der Waals surface area (Å²) in [5.41, 5.74) is -1.85. The van der Waals surface area contributed by atoms with E-state index in [1.165, 1.54) is 6.07 Å². The zero-order valence-electron chi connectivity index (χ0n) is 9.68. The normalized spacial score (nSPS) is 12.7. The van der Waals surface area contributed by atoms with Gasteiger partial charge in [-0.1, -0.05) is 15.9 Å². The summed E-state index contributed by atoms with van der Waals surface area (Å²) in [5, 5.41) is 27.2. The molecular formula is C10H13BrFNO5S. The van der Waals surface area contributed by atoms with Crippen molar-refractivity contribution in [1.29, 1.82) is 0 Å². The molecule has 9 heteroatoms. The Morgan fingerprint density at radius 3 is 2.16 bits per heavy atom. The van der Waals surface area contributed by atoms with Crippen LogP contribution in [0.5, 0.6) is 0 Å². The van der Waals surface area contributed by atoms with Crippen molar-refractivity contribution in [1.82, 2.24) is 4.72 Å². The van der Waals surface area contributed by atoms with Crippen LogP contribution in [0.3, 0.4) is 0 Å². The van der Waals surface area contributed by atoms with Crippen molar-refractivity contribution in [2.24, 2.45) is 0 Å². The molecule has 0 aliphatic carbocycles. The summed E-state index contributed by atoms with van der Waals surface area (Å²) >= 11 is 2.99. The van der Waals surface area contributed by atoms with Gasteiger partial charge in [0.05, 0.1) is 19.8 Å². The molecule has 0 aromatic heterocycles. The van der Waals surface area contributed by atoms with Gasteiger partial charge in [0.2, 0.25) is 10.0 Å². The topological polar surface area (TPSA) is 107 Å². The fourth-order valence-electron chi connectivity index (χ4n) is 1.28. The van der Waals surface area contributed by atoms with Gasteiger partial charge in [0.15, 0.2) is 0 Å². The lowest BCUT2D eigenvalue weighted by molar-refractivity contribution is 0.0581. The van der Waals surface area contributed by atoms with Crippen molar-refractivity contribution in [3.8, 4) is 0 Å². The molecule has 1 aromatic rings. The Morgan fingerprint density at radius 2 is 1.74 bits per heavy atom. The van der Waals surface area contributed by atoms with Crippen molar-refractivity contribution in [2.75, 3.05) is 19.8 Å². The highest BCUT2D eigenvalue weighted by Gasteiger charge is 2.34. The van der Waals surface area contributed by atoms with Crippen LogP contribution in [0.2, 0.25) is 0 Å². The number of halogens is 2. The highest BCUT2D eigenvalue weighted by Crippen LogP contribution is 2.20. The number of hydrogen-bond acceptors (Lipinski definition) is 5. The van der Waals surface area contributed by atoms with Gasteiger partial charge in [-0.3, -0.25) is 0 Å². The van der Waals surface area contributed by atoms with Gasteiger partial charge in [-0.25, -0.2) is 12.8 Å². The number of aliphatic hydroxyl groups excluding tert-OH is 3. The second-order valence-electron chi connectivity index (χ2n) is 3.93. The van der Waals surface area contributed by atoms with Crippen LogP contribution in [-0.4, -0.2) is 49.1 Å². The number of aliphatic hydroxyl groups is 3. The maximum absolute atomic E-state index is 13.6. The summed E-state index contributed by atoms with van der Waals surface area (Å²) in [6.45, 7) is -2.51. The minimum Gasteiger partial charge on any atom is -0.394 e. The number of rotatable bonds is 6. The second kappa shape index (κ2) is 6.25. The van der Waals surface area contributed by atoms with Gasteiger partial charge in [0.25, 0.3) is 0 Å². The van der Waals surface area contributed by atoms with Crippen LogP contribution in [0, 0.1) is 5.82 Å². The number of nitrogens with one attached hydrogen (secondary N) is 1. The highest BCUT2D eigenvalue weighted by molar-refractivity contribution is 9.10. The summed E-state index contributed by atoms with van der Waals surface area (Å²) in [6.07, 6.45) is 0. The molecule has 0 aliphatic rings. The zero-order valence-corrected chi connectivity index (χ0v) is 12.1. The van der Waals surface area contributed by atoms with E-state index in [-0.39, 0.29) is 0 Å². The van der Waals surface area contributed by atoms with Crippen LogP contribution in [-0.2, 0) is 10.0 Å². The van der Waals surface area contributed by atoms with Crippen LogP contribution < -0.4 is 4.72 Å².